The van der Waals surface area contributed by atoms with Crippen LogP contribution < -0.4 is 56.7 Å². The Balaban J connectivity index is 0.00000144. The fourth-order valence-electron chi connectivity index (χ4n) is 0.808. The van der Waals surface area contributed by atoms with Gasteiger partial charge in [-0.05, 0) is 12.1 Å². The largest absolute Gasteiger partial charge is 1.00 e. The Bertz CT molecular complexity index is 259. The van der Waals surface area contributed by atoms with Crippen LogP contribution in [0.4, 0.5) is 5.69 Å². The number of para-hydroxylation sites is 1. The summed E-state index contributed by atoms with van der Waals surface area (Å²) in [5.41, 5.74) is 0.858. The van der Waals surface area contributed by atoms with E-state index in [9.17, 15) is 4.79 Å². The minimum Gasteiger partial charge on any atom is -0.326 e. The Hall–Kier alpha value is 0.326. The van der Waals surface area contributed by atoms with Gasteiger partial charge in [0.1, 0.15) is 0 Å². The fraction of sp³-hybridized carbons (Fsp3) is 0.300. The van der Waals surface area contributed by atoms with Gasteiger partial charge in [-0.3, -0.25) is 4.79 Å². The van der Waals surface area contributed by atoms with Crippen molar-refractivity contribution in [3.63, 3.8) is 0 Å². The first kappa shape index (κ1) is 13.3. The second-order valence-corrected chi connectivity index (χ2v) is 3.01. The van der Waals surface area contributed by atoms with Crippen molar-refractivity contribution in [2.75, 3.05) is 5.32 Å². The molecule has 1 aromatic carbocycles. The summed E-state index contributed by atoms with van der Waals surface area (Å²) in [6, 6.07) is 9.47. The van der Waals surface area contributed by atoms with Crippen LogP contribution in [0.3, 0.4) is 0 Å². The van der Waals surface area contributed by atoms with E-state index in [1.54, 1.807) is 0 Å². The summed E-state index contributed by atoms with van der Waals surface area (Å²) in [6.45, 7) is 3.75. The van der Waals surface area contributed by atoms with Crippen LogP contribution in [-0.2, 0) is 4.79 Å². The summed E-state index contributed by atoms with van der Waals surface area (Å²) in [5.74, 6) is 0.0893. The van der Waals surface area contributed by atoms with Crippen LogP contribution in [0.2, 0.25) is 0 Å². The van der Waals surface area contributed by atoms with Gasteiger partial charge in [-0.15, -0.1) is 0 Å². The Morgan fingerprint density at radius 2 is 1.77 bits per heavy atom. The number of rotatable bonds is 2. The van der Waals surface area contributed by atoms with E-state index >= 15 is 0 Å². The quantitative estimate of drug-likeness (QED) is 0.630. The van der Waals surface area contributed by atoms with Crippen molar-refractivity contribution < 1.29 is 56.2 Å². The van der Waals surface area contributed by atoms with E-state index in [0.717, 1.165) is 5.69 Å². The third kappa shape index (κ3) is 4.93. The molecule has 0 atom stereocenters. The van der Waals surface area contributed by atoms with Crippen LogP contribution >= 0.6 is 0 Å². The van der Waals surface area contributed by atoms with Crippen LogP contribution in [0.5, 0.6) is 0 Å². The molecule has 0 saturated heterocycles. The molecule has 0 aliphatic carbocycles. The molecule has 0 aliphatic rings. The molecule has 0 saturated carbocycles. The summed E-state index contributed by atoms with van der Waals surface area (Å²) in [6.07, 6.45) is 0. The normalized spacial score (nSPS) is 9.15. The predicted octanol–water partition coefficient (Wildman–Crippen LogP) is -0.715. The number of amides is 1. The number of hydrogen-bond acceptors (Lipinski definition) is 1. The molecular weight excluding hydrogens is 189 g/mol. The van der Waals surface area contributed by atoms with E-state index < -0.39 is 0 Å². The molecule has 0 unspecified atom stereocenters. The van der Waals surface area contributed by atoms with Crippen molar-refractivity contribution in [2.45, 2.75) is 13.8 Å². The van der Waals surface area contributed by atoms with Crippen LogP contribution in [0, 0.1) is 5.92 Å². The fourth-order valence-corrected chi connectivity index (χ4v) is 0.808. The summed E-state index contributed by atoms with van der Waals surface area (Å²) in [7, 11) is 0. The van der Waals surface area contributed by atoms with Gasteiger partial charge in [-0.2, -0.15) is 0 Å². The monoisotopic (exact) mass is 202 g/mol. The van der Waals surface area contributed by atoms with Crippen molar-refractivity contribution in [3.05, 3.63) is 30.3 Å². The van der Waals surface area contributed by atoms with Crippen LogP contribution in [0.15, 0.2) is 30.3 Å². The molecule has 0 spiro atoms. The van der Waals surface area contributed by atoms with Gasteiger partial charge in [0.25, 0.3) is 0 Å². The Morgan fingerprint density at radius 1 is 1.23 bits per heavy atom. The minimum absolute atomic E-state index is 0. The number of anilines is 1. The molecule has 0 aromatic heterocycles. The molecule has 13 heavy (non-hydrogen) atoms. The second-order valence-electron chi connectivity index (χ2n) is 3.01. The van der Waals surface area contributed by atoms with Gasteiger partial charge < -0.3 is 5.32 Å². The topological polar surface area (TPSA) is 29.1 Å². The molecule has 0 aliphatic heterocycles. The second kappa shape index (κ2) is 6.73. The zero-order chi connectivity index (χ0) is 8.97. The maximum Gasteiger partial charge on any atom is 1.00 e. The minimum atomic E-state index is 0. The molecule has 1 rings (SSSR count). The molecular formula is C10H13KNO+. The van der Waals surface area contributed by atoms with Gasteiger partial charge in [0.2, 0.25) is 5.91 Å². The third-order valence-electron chi connectivity index (χ3n) is 1.57. The van der Waals surface area contributed by atoms with Gasteiger partial charge in [0.15, 0.2) is 0 Å². The van der Waals surface area contributed by atoms with Gasteiger partial charge >= 0.3 is 51.4 Å². The molecule has 3 heteroatoms. The van der Waals surface area contributed by atoms with Crippen LogP contribution in [-0.4, -0.2) is 5.91 Å². The predicted molar refractivity (Wildman–Crippen MR) is 49.9 cm³/mol. The molecule has 1 amide bonds. The number of benzene rings is 1. The zero-order valence-corrected chi connectivity index (χ0v) is 11.5. The van der Waals surface area contributed by atoms with Gasteiger partial charge in [0.05, 0.1) is 0 Å². The average molecular weight is 202 g/mol. The molecule has 0 bridgehead atoms. The van der Waals surface area contributed by atoms with Crippen molar-refractivity contribution >= 4 is 11.6 Å². The first-order valence-corrected chi connectivity index (χ1v) is 4.06. The maximum atomic E-state index is 11.2. The Morgan fingerprint density at radius 3 is 2.23 bits per heavy atom. The van der Waals surface area contributed by atoms with Crippen molar-refractivity contribution in [1.82, 2.24) is 0 Å². The van der Waals surface area contributed by atoms with Crippen molar-refractivity contribution in [1.29, 1.82) is 0 Å². The Labute approximate surface area is 122 Å². The zero-order valence-electron chi connectivity index (χ0n) is 8.37. The van der Waals surface area contributed by atoms with Crippen LogP contribution in [0.25, 0.3) is 0 Å². The van der Waals surface area contributed by atoms with E-state index in [2.05, 4.69) is 5.32 Å². The molecule has 0 radical (unpaired) electrons. The van der Waals surface area contributed by atoms with E-state index in [0.29, 0.717) is 0 Å². The summed E-state index contributed by atoms with van der Waals surface area (Å²) < 4.78 is 0. The smallest absolute Gasteiger partial charge is 0.326 e. The third-order valence-corrected chi connectivity index (χ3v) is 1.57. The van der Waals surface area contributed by atoms with E-state index in [4.69, 9.17) is 0 Å². The van der Waals surface area contributed by atoms with Gasteiger partial charge in [-0.25, -0.2) is 0 Å². The van der Waals surface area contributed by atoms with Crippen LogP contribution in [0.1, 0.15) is 13.8 Å². The first-order chi connectivity index (χ1) is 5.70. The molecule has 2 nitrogen and oxygen atoms in total. The molecule has 1 N–H and O–H groups in total. The molecule has 0 fully saturated rings. The Kier molecular flexibility index (Phi) is 6.90. The molecule has 0 heterocycles. The maximum absolute atomic E-state index is 11.2. The SMILES string of the molecule is CC(C)C(=O)Nc1ccccc1.[K+]. The van der Waals surface area contributed by atoms with Gasteiger partial charge in [-0.1, -0.05) is 32.0 Å². The van der Waals surface area contributed by atoms with E-state index in [1.165, 1.54) is 0 Å². The molecule has 64 valence electrons. The summed E-state index contributed by atoms with van der Waals surface area (Å²) >= 11 is 0. The molecule has 1 aromatic rings. The summed E-state index contributed by atoms with van der Waals surface area (Å²) in [5, 5.41) is 2.80. The van der Waals surface area contributed by atoms with E-state index in [-0.39, 0.29) is 63.2 Å². The number of carbonyl (C=O) groups excluding carboxylic acids is 1. The van der Waals surface area contributed by atoms with Crippen molar-refractivity contribution in [3.8, 4) is 0 Å². The van der Waals surface area contributed by atoms with Gasteiger partial charge in [0, 0.05) is 11.6 Å². The average Bonchev–Trinajstić information content (AvgIpc) is 2.06. The van der Waals surface area contributed by atoms with Crippen molar-refractivity contribution in [2.24, 2.45) is 5.92 Å². The standard InChI is InChI=1S/C10H13NO.K/c1-8(2)10(12)11-9-6-4-3-5-7-9;/h3-8H,1-2H3,(H,11,12);/q;+1. The number of hydrogen-bond donors (Lipinski definition) is 1. The number of nitrogens with one attached hydrogen (secondary N) is 1. The first-order valence-electron chi connectivity index (χ1n) is 4.06. The van der Waals surface area contributed by atoms with E-state index in [1.807, 2.05) is 44.2 Å². The summed E-state index contributed by atoms with van der Waals surface area (Å²) in [4.78, 5) is 11.2. The number of carbonyl (C=O) groups is 1.